The monoisotopic (exact) mass is 607 g/mol. The number of methoxy groups -OCH3 is 1. The zero-order chi connectivity index (χ0) is 32.2. The molecule has 1 aliphatic rings. The first-order chi connectivity index (χ1) is 20.8. The molecule has 0 saturated heterocycles. The average Bonchev–Trinajstić information content (AvgIpc) is 3.00. The highest BCUT2D eigenvalue weighted by molar-refractivity contribution is 6.04. The third-order valence-corrected chi connectivity index (χ3v) is 7.21. The number of rotatable bonds is 9. The Hall–Kier alpha value is -4.93. The maximum atomic E-state index is 14.5. The van der Waals surface area contributed by atoms with E-state index in [2.05, 4.69) is 0 Å². The van der Waals surface area contributed by atoms with Crippen molar-refractivity contribution in [3.63, 3.8) is 0 Å². The van der Waals surface area contributed by atoms with Crippen LogP contribution in [0.25, 0.3) is 5.70 Å². The highest BCUT2D eigenvalue weighted by Gasteiger charge is 2.51. The van der Waals surface area contributed by atoms with Gasteiger partial charge in [-0.1, -0.05) is 74.5 Å². The summed E-state index contributed by atoms with van der Waals surface area (Å²) in [5.41, 5.74) is 0.879. The molecule has 3 amide bonds. The lowest BCUT2D eigenvalue weighted by molar-refractivity contribution is -0.187. The zero-order valence-electron chi connectivity index (χ0n) is 24.6. The van der Waals surface area contributed by atoms with Crippen molar-refractivity contribution in [3.8, 4) is 5.75 Å². The van der Waals surface area contributed by atoms with Gasteiger partial charge in [-0.3, -0.25) is 24.1 Å². The van der Waals surface area contributed by atoms with Crippen molar-refractivity contribution in [2.75, 3.05) is 7.11 Å². The number of benzene rings is 3. The van der Waals surface area contributed by atoms with Gasteiger partial charge in [0.25, 0.3) is 17.6 Å². The van der Waals surface area contributed by atoms with E-state index in [-0.39, 0.29) is 11.3 Å². The lowest BCUT2D eigenvalue weighted by Crippen LogP contribution is -2.64. The number of amides is 3. The van der Waals surface area contributed by atoms with Gasteiger partial charge >= 0.3 is 6.18 Å². The molecule has 8 nitrogen and oxygen atoms in total. The van der Waals surface area contributed by atoms with Crippen LogP contribution in [0.2, 0.25) is 0 Å². The van der Waals surface area contributed by atoms with Crippen molar-refractivity contribution in [3.05, 3.63) is 108 Å². The lowest BCUT2D eigenvalue weighted by Gasteiger charge is -2.47. The average molecular weight is 608 g/mol. The third-order valence-electron chi connectivity index (χ3n) is 7.21. The molecule has 230 valence electrons. The number of carbonyl (C=O) groups excluding carboxylic acids is 4. The fraction of sp³-hybridized carbons (Fsp3) is 0.273. The maximum Gasteiger partial charge on any atom is 0.452 e. The van der Waals surface area contributed by atoms with Crippen LogP contribution in [-0.4, -0.2) is 63.8 Å². The Morgan fingerprint density at radius 3 is 1.98 bits per heavy atom. The Balaban J connectivity index is 1.93. The van der Waals surface area contributed by atoms with Gasteiger partial charge in [-0.15, -0.1) is 0 Å². The second-order valence-corrected chi connectivity index (χ2v) is 10.6. The first kappa shape index (κ1) is 32.0. The van der Waals surface area contributed by atoms with E-state index in [9.17, 15) is 32.3 Å². The minimum Gasteiger partial charge on any atom is -0.497 e. The molecule has 2 atom stereocenters. The van der Waals surface area contributed by atoms with Crippen molar-refractivity contribution >= 4 is 29.2 Å². The maximum absolute atomic E-state index is 14.5. The molecule has 11 heteroatoms. The van der Waals surface area contributed by atoms with Crippen LogP contribution in [0.1, 0.15) is 42.3 Å². The van der Waals surface area contributed by atoms with Gasteiger partial charge in [0.2, 0.25) is 5.91 Å². The van der Waals surface area contributed by atoms with Gasteiger partial charge in [-0.25, -0.2) is 10.0 Å². The molecule has 3 aromatic rings. The van der Waals surface area contributed by atoms with Gasteiger partial charge in [0, 0.05) is 30.7 Å². The molecular weight excluding hydrogens is 575 g/mol. The van der Waals surface area contributed by atoms with Gasteiger partial charge in [-0.05, 0) is 35.7 Å². The van der Waals surface area contributed by atoms with Crippen molar-refractivity contribution in [1.29, 1.82) is 0 Å². The molecule has 1 aliphatic heterocycles. The molecule has 0 bridgehead atoms. The molecule has 0 aromatic heterocycles. The summed E-state index contributed by atoms with van der Waals surface area (Å²) in [6.45, 7) is 4.35. The van der Waals surface area contributed by atoms with E-state index in [1.807, 2.05) is 0 Å². The van der Waals surface area contributed by atoms with Gasteiger partial charge in [0.1, 0.15) is 17.8 Å². The number of carbonyl (C=O) groups is 4. The van der Waals surface area contributed by atoms with E-state index in [0.717, 1.165) is 11.9 Å². The van der Waals surface area contributed by atoms with Crippen LogP contribution in [0.5, 0.6) is 5.75 Å². The highest BCUT2D eigenvalue weighted by atomic mass is 19.4. The Labute approximate surface area is 253 Å². The largest absolute Gasteiger partial charge is 0.497 e. The predicted molar refractivity (Wildman–Crippen MR) is 157 cm³/mol. The fourth-order valence-electron chi connectivity index (χ4n) is 5.15. The molecule has 44 heavy (non-hydrogen) atoms. The van der Waals surface area contributed by atoms with E-state index in [1.54, 1.807) is 74.5 Å². The molecule has 1 heterocycles. The number of hydrogen-bond acceptors (Lipinski definition) is 5. The predicted octanol–water partition coefficient (Wildman–Crippen LogP) is 5.51. The lowest BCUT2D eigenvalue weighted by atomic mass is 9.96. The molecule has 4 rings (SSSR count). The van der Waals surface area contributed by atoms with E-state index < -0.39 is 54.1 Å². The van der Waals surface area contributed by atoms with Crippen molar-refractivity contribution in [2.45, 2.75) is 45.5 Å². The first-order valence-corrected chi connectivity index (χ1v) is 13.9. The molecule has 0 fully saturated rings. The van der Waals surface area contributed by atoms with E-state index in [1.165, 1.54) is 42.5 Å². The van der Waals surface area contributed by atoms with Crippen LogP contribution >= 0.6 is 0 Å². The second kappa shape index (κ2) is 13.2. The topological polar surface area (TPSA) is 87.2 Å². The smallest absolute Gasteiger partial charge is 0.452 e. The number of alkyl halides is 3. The van der Waals surface area contributed by atoms with E-state index in [0.29, 0.717) is 21.9 Å². The molecule has 2 unspecified atom stereocenters. The summed E-state index contributed by atoms with van der Waals surface area (Å²) in [6.07, 6.45) is -4.47. The van der Waals surface area contributed by atoms with Crippen molar-refractivity contribution < 1.29 is 37.1 Å². The number of halogens is 3. The Morgan fingerprint density at radius 1 is 0.909 bits per heavy atom. The quantitative estimate of drug-likeness (QED) is 0.320. The molecule has 0 radical (unpaired) electrons. The minimum absolute atomic E-state index is 0.0439. The van der Waals surface area contributed by atoms with Crippen LogP contribution in [0, 0.1) is 5.92 Å². The summed E-state index contributed by atoms with van der Waals surface area (Å²) in [4.78, 5) is 55.8. The van der Waals surface area contributed by atoms with Crippen molar-refractivity contribution in [2.24, 2.45) is 5.92 Å². The Morgan fingerprint density at radius 2 is 1.48 bits per heavy atom. The number of hydrogen-bond donors (Lipinski definition) is 0. The van der Waals surface area contributed by atoms with Gasteiger partial charge in [0.15, 0.2) is 0 Å². The van der Waals surface area contributed by atoms with Crippen LogP contribution in [0.3, 0.4) is 0 Å². The molecular formula is C33H32F3N3O5. The van der Waals surface area contributed by atoms with E-state index >= 15 is 0 Å². The van der Waals surface area contributed by atoms with E-state index in [4.69, 9.17) is 4.74 Å². The van der Waals surface area contributed by atoms with Gasteiger partial charge in [-0.2, -0.15) is 13.2 Å². The number of hydrazine groups is 1. The summed E-state index contributed by atoms with van der Waals surface area (Å²) < 4.78 is 47.3. The zero-order valence-corrected chi connectivity index (χ0v) is 24.6. The summed E-state index contributed by atoms with van der Waals surface area (Å²) in [5.74, 6) is -4.56. The summed E-state index contributed by atoms with van der Waals surface area (Å²) in [5, 5.41) is 1.41. The number of Topliss-reactive ketones (excluding diaryl/α,β-unsaturated/α-hetero) is 1. The molecule has 0 aliphatic carbocycles. The molecule has 0 saturated carbocycles. The summed E-state index contributed by atoms with van der Waals surface area (Å²) in [7, 11) is 1.48. The SMILES string of the molecule is COc1ccc(C(=O)N2C=C(c3ccccc3)N(N(C(C)=O)C(Cc3ccccc3)C(=O)C(F)(F)F)C(=O)C2C(C)C)cc1. The van der Waals surface area contributed by atoms with Crippen molar-refractivity contribution in [1.82, 2.24) is 14.9 Å². The first-order valence-electron chi connectivity index (χ1n) is 13.9. The summed E-state index contributed by atoms with van der Waals surface area (Å²) in [6, 6.07) is 19.0. The standard InChI is InChI=1S/C33H32F3N3O5/c1-21(2)29-32(43)39(38(22(3)40)27(30(41)33(34,35)36)19-23-11-7-5-8-12-23)28(24-13-9-6-10-14-24)20-37(29)31(42)25-15-17-26(44-4)18-16-25/h5-18,20-21,27,29H,19H2,1-4H3. The normalized spacial score (nSPS) is 16.0. The highest BCUT2D eigenvalue weighted by Crippen LogP contribution is 2.35. The van der Waals surface area contributed by atoms with Crippen LogP contribution in [-0.2, 0) is 20.8 Å². The Kier molecular flexibility index (Phi) is 9.56. The number of ether oxygens (including phenoxy) is 1. The molecule has 0 N–H and O–H groups in total. The molecule has 0 spiro atoms. The summed E-state index contributed by atoms with van der Waals surface area (Å²) >= 11 is 0. The second-order valence-electron chi connectivity index (χ2n) is 10.6. The van der Waals surface area contributed by atoms with Gasteiger partial charge in [0.05, 0.1) is 12.8 Å². The van der Waals surface area contributed by atoms with Crippen LogP contribution < -0.4 is 4.74 Å². The number of ketones is 1. The molecule has 3 aromatic carbocycles. The van der Waals surface area contributed by atoms with Gasteiger partial charge < -0.3 is 4.74 Å². The van der Waals surface area contributed by atoms with Crippen LogP contribution in [0.4, 0.5) is 13.2 Å². The number of nitrogens with zero attached hydrogens (tertiary/aromatic N) is 3. The minimum atomic E-state index is -5.31. The third kappa shape index (κ3) is 6.66. The fourth-order valence-corrected chi connectivity index (χ4v) is 5.15. The van der Waals surface area contributed by atoms with Crippen LogP contribution in [0.15, 0.2) is 91.1 Å². The Bertz CT molecular complexity index is 1540.